The van der Waals surface area contributed by atoms with Crippen molar-refractivity contribution in [3.05, 3.63) is 29.0 Å². The minimum absolute atomic E-state index is 0.0629. The summed E-state index contributed by atoms with van der Waals surface area (Å²) in [6, 6.07) is 3.82. The van der Waals surface area contributed by atoms with E-state index >= 15 is 0 Å². The summed E-state index contributed by atoms with van der Waals surface area (Å²) in [5.74, 6) is -0.570. The normalized spacial score (nSPS) is 20.3. The molecule has 8 heteroatoms. The van der Waals surface area contributed by atoms with Crippen LogP contribution in [0.5, 0.6) is 0 Å². The molecule has 0 aliphatic carbocycles. The van der Waals surface area contributed by atoms with Gasteiger partial charge in [-0.25, -0.2) is 12.8 Å². The van der Waals surface area contributed by atoms with Gasteiger partial charge in [0.05, 0.1) is 23.1 Å². The SMILES string of the molecule is CCN(CC(=O)Nc1ccc(F)c(Cl)c1)C1CCS(=O)(=O)C1. The highest BCUT2D eigenvalue weighted by Crippen LogP contribution is 2.20. The quantitative estimate of drug-likeness (QED) is 0.883. The second-order valence-corrected chi connectivity index (χ2v) is 7.93. The summed E-state index contributed by atoms with van der Waals surface area (Å²) in [4.78, 5) is 13.9. The van der Waals surface area contributed by atoms with Gasteiger partial charge in [0.25, 0.3) is 0 Å². The van der Waals surface area contributed by atoms with Gasteiger partial charge < -0.3 is 5.32 Å². The zero-order valence-corrected chi connectivity index (χ0v) is 13.8. The lowest BCUT2D eigenvalue weighted by atomic mass is 10.2. The van der Waals surface area contributed by atoms with Gasteiger partial charge in [-0.2, -0.15) is 0 Å². The first kappa shape index (κ1) is 17.2. The van der Waals surface area contributed by atoms with E-state index in [0.29, 0.717) is 18.7 Å². The summed E-state index contributed by atoms with van der Waals surface area (Å²) in [6.07, 6.45) is 0.547. The fourth-order valence-electron chi connectivity index (χ4n) is 2.52. The largest absolute Gasteiger partial charge is 0.325 e. The summed E-state index contributed by atoms with van der Waals surface area (Å²) in [5, 5.41) is 2.57. The number of halogens is 2. The lowest BCUT2D eigenvalue weighted by Gasteiger charge is -2.25. The lowest BCUT2D eigenvalue weighted by Crippen LogP contribution is -2.41. The summed E-state index contributed by atoms with van der Waals surface area (Å²) in [7, 11) is -2.99. The highest BCUT2D eigenvalue weighted by atomic mass is 35.5. The summed E-state index contributed by atoms with van der Waals surface area (Å²) < 4.78 is 36.1. The van der Waals surface area contributed by atoms with E-state index < -0.39 is 15.7 Å². The first-order valence-electron chi connectivity index (χ1n) is 7.00. The van der Waals surface area contributed by atoms with E-state index in [0.717, 1.165) is 0 Å². The topological polar surface area (TPSA) is 66.5 Å². The Morgan fingerprint density at radius 1 is 1.50 bits per heavy atom. The molecule has 1 aliphatic rings. The molecule has 0 aromatic heterocycles. The van der Waals surface area contributed by atoms with Crippen LogP contribution in [0.4, 0.5) is 10.1 Å². The molecule has 5 nitrogen and oxygen atoms in total. The van der Waals surface area contributed by atoms with Crippen LogP contribution in [0.25, 0.3) is 0 Å². The van der Waals surface area contributed by atoms with Crippen molar-refractivity contribution in [3.63, 3.8) is 0 Å². The van der Waals surface area contributed by atoms with Gasteiger partial charge in [0.15, 0.2) is 9.84 Å². The molecule has 1 aromatic rings. The van der Waals surface area contributed by atoms with E-state index in [2.05, 4.69) is 5.32 Å². The van der Waals surface area contributed by atoms with E-state index in [1.165, 1.54) is 18.2 Å². The third-order valence-electron chi connectivity index (χ3n) is 3.68. The van der Waals surface area contributed by atoms with E-state index in [-0.39, 0.29) is 35.0 Å². The molecule has 2 rings (SSSR count). The highest BCUT2D eigenvalue weighted by molar-refractivity contribution is 7.91. The molecule has 1 N–H and O–H groups in total. The van der Waals surface area contributed by atoms with Gasteiger partial charge in [-0.3, -0.25) is 9.69 Å². The van der Waals surface area contributed by atoms with Crippen LogP contribution >= 0.6 is 11.6 Å². The Morgan fingerprint density at radius 2 is 2.23 bits per heavy atom. The van der Waals surface area contributed by atoms with Crippen LogP contribution < -0.4 is 5.32 Å². The molecule has 0 bridgehead atoms. The number of likely N-dealkylation sites (N-methyl/N-ethyl adjacent to an activating group) is 1. The first-order chi connectivity index (χ1) is 10.3. The first-order valence-corrected chi connectivity index (χ1v) is 9.20. The van der Waals surface area contributed by atoms with Crippen LogP contribution in [-0.4, -0.2) is 49.9 Å². The van der Waals surface area contributed by atoms with Crippen molar-refractivity contribution in [2.75, 3.05) is 29.9 Å². The van der Waals surface area contributed by atoms with Crippen LogP contribution in [0.2, 0.25) is 5.02 Å². The van der Waals surface area contributed by atoms with E-state index in [9.17, 15) is 17.6 Å². The molecule has 0 radical (unpaired) electrons. The van der Waals surface area contributed by atoms with Crippen LogP contribution in [0, 0.1) is 5.82 Å². The molecular formula is C14H18ClFN2O3S. The van der Waals surface area contributed by atoms with E-state index in [1.54, 1.807) is 0 Å². The maximum Gasteiger partial charge on any atom is 0.238 e. The molecule has 1 fully saturated rings. The molecule has 1 heterocycles. The van der Waals surface area contributed by atoms with Gasteiger partial charge in [0, 0.05) is 11.7 Å². The van der Waals surface area contributed by atoms with Crippen molar-refractivity contribution >= 4 is 33.0 Å². The molecule has 1 unspecified atom stereocenters. The molecule has 22 heavy (non-hydrogen) atoms. The molecule has 1 aliphatic heterocycles. The van der Waals surface area contributed by atoms with Gasteiger partial charge in [-0.15, -0.1) is 0 Å². The third-order valence-corrected chi connectivity index (χ3v) is 5.72. The maximum atomic E-state index is 13.1. The number of hydrogen-bond donors (Lipinski definition) is 1. The number of carbonyl (C=O) groups is 1. The van der Waals surface area contributed by atoms with Crippen LogP contribution in [-0.2, 0) is 14.6 Å². The second kappa shape index (κ2) is 6.93. The molecule has 1 aromatic carbocycles. The molecular weight excluding hydrogens is 331 g/mol. The number of anilines is 1. The van der Waals surface area contributed by atoms with Gasteiger partial charge >= 0.3 is 0 Å². The molecule has 122 valence electrons. The number of hydrogen-bond acceptors (Lipinski definition) is 4. The number of rotatable bonds is 5. The predicted octanol–water partition coefficient (Wildman–Crippen LogP) is 1.93. The minimum Gasteiger partial charge on any atom is -0.325 e. The number of amides is 1. The van der Waals surface area contributed by atoms with Crippen molar-refractivity contribution in [3.8, 4) is 0 Å². The minimum atomic E-state index is -2.99. The Bertz CT molecular complexity index is 666. The Hall–Kier alpha value is -1.18. The fourth-order valence-corrected chi connectivity index (χ4v) is 4.46. The Kier molecular flexibility index (Phi) is 5.41. The fraction of sp³-hybridized carbons (Fsp3) is 0.500. The van der Waals surface area contributed by atoms with Crippen molar-refractivity contribution in [1.29, 1.82) is 0 Å². The van der Waals surface area contributed by atoms with Crippen LogP contribution in [0.1, 0.15) is 13.3 Å². The standard InChI is InChI=1S/C14H18ClFN2O3S/c1-2-18(11-5-6-22(20,21)9-11)8-14(19)17-10-3-4-13(16)12(15)7-10/h3-4,7,11H,2,5-6,8-9H2,1H3,(H,17,19). The molecule has 1 saturated heterocycles. The Balaban J connectivity index is 1.96. The number of benzene rings is 1. The second-order valence-electron chi connectivity index (χ2n) is 5.30. The van der Waals surface area contributed by atoms with Crippen LogP contribution in [0.15, 0.2) is 18.2 Å². The average molecular weight is 349 g/mol. The number of nitrogens with one attached hydrogen (secondary N) is 1. The van der Waals surface area contributed by atoms with Crippen molar-refractivity contribution in [2.45, 2.75) is 19.4 Å². The Labute approximate surface area is 134 Å². The predicted molar refractivity (Wildman–Crippen MR) is 84.3 cm³/mol. The van der Waals surface area contributed by atoms with Gasteiger partial charge in [0.2, 0.25) is 5.91 Å². The summed E-state index contributed by atoms with van der Waals surface area (Å²) in [5.41, 5.74) is 0.409. The molecule has 0 saturated carbocycles. The number of nitrogens with zero attached hydrogens (tertiary/aromatic N) is 1. The summed E-state index contributed by atoms with van der Waals surface area (Å²) in [6.45, 7) is 2.55. The zero-order chi connectivity index (χ0) is 16.3. The smallest absolute Gasteiger partial charge is 0.238 e. The average Bonchev–Trinajstić information content (AvgIpc) is 2.80. The zero-order valence-electron chi connectivity index (χ0n) is 12.2. The Morgan fingerprint density at radius 3 is 2.77 bits per heavy atom. The number of carbonyl (C=O) groups excluding carboxylic acids is 1. The van der Waals surface area contributed by atoms with Crippen molar-refractivity contribution in [1.82, 2.24) is 4.90 Å². The van der Waals surface area contributed by atoms with Crippen molar-refractivity contribution < 1.29 is 17.6 Å². The van der Waals surface area contributed by atoms with E-state index in [4.69, 9.17) is 11.6 Å². The molecule has 0 spiro atoms. The molecule has 1 atom stereocenters. The maximum absolute atomic E-state index is 13.1. The monoisotopic (exact) mass is 348 g/mol. The third kappa shape index (κ3) is 4.41. The molecule has 1 amide bonds. The van der Waals surface area contributed by atoms with Gasteiger partial charge in [-0.1, -0.05) is 18.5 Å². The van der Waals surface area contributed by atoms with Crippen molar-refractivity contribution in [2.24, 2.45) is 0 Å². The highest BCUT2D eigenvalue weighted by Gasteiger charge is 2.32. The van der Waals surface area contributed by atoms with E-state index in [1.807, 2.05) is 11.8 Å². The number of sulfone groups is 1. The van der Waals surface area contributed by atoms with Gasteiger partial charge in [-0.05, 0) is 31.2 Å². The summed E-state index contributed by atoms with van der Waals surface area (Å²) >= 11 is 5.66. The lowest BCUT2D eigenvalue weighted by molar-refractivity contribution is -0.117. The van der Waals surface area contributed by atoms with Crippen LogP contribution in [0.3, 0.4) is 0 Å². The van der Waals surface area contributed by atoms with Gasteiger partial charge in [0.1, 0.15) is 5.82 Å².